The third-order valence-corrected chi connectivity index (χ3v) is 4.64. The predicted molar refractivity (Wildman–Crippen MR) is 106 cm³/mol. The average molecular weight is 367 g/mol. The summed E-state index contributed by atoms with van der Waals surface area (Å²) in [6.07, 6.45) is 3.44. The van der Waals surface area contributed by atoms with E-state index in [0.717, 1.165) is 37.2 Å². The van der Waals surface area contributed by atoms with Crippen LogP contribution in [0.5, 0.6) is 5.75 Å². The molecular formula is C21H25N3O3. The summed E-state index contributed by atoms with van der Waals surface area (Å²) in [5.41, 5.74) is 8.39. The Morgan fingerprint density at radius 1 is 1.07 bits per heavy atom. The molecule has 0 aliphatic carbocycles. The van der Waals surface area contributed by atoms with E-state index in [9.17, 15) is 9.59 Å². The minimum Gasteiger partial charge on any atom is -0.484 e. The van der Waals surface area contributed by atoms with E-state index in [0.29, 0.717) is 17.0 Å². The molecular weight excluding hydrogens is 342 g/mol. The summed E-state index contributed by atoms with van der Waals surface area (Å²) < 4.78 is 5.54. The maximum Gasteiger partial charge on any atom is 0.262 e. The fourth-order valence-electron chi connectivity index (χ4n) is 3.17. The number of carbonyl (C=O) groups excluding carboxylic acids is 2. The molecule has 2 aromatic carbocycles. The Balaban J connectivity index is 1.72. The summed E-state index contributed by atoms with van der Waals surface area (Å²) in [5, 5.41) is 2.87. The summed E-state index contributed by atoms with van der Waals surface area (Å²) in [6, 6.07) is 12.7. The molecule has 6 heteroatoms. The van der Waals surface area contributed by atoms with E-state index in [-0.39, 0.29) is 12.5 Å². The third kappa shape index (κ3) is 5.00. The first-order chi connectivity index (χ1) is 13.0. The Morgan fingerprint density at radius 2 is 1.78 bits per heavy atom. The van der Waals surface area contributed by atoms with Gasteiger partial charge in [-0.05, 0) is 56.5 Å². The molecule has 0 spiro atoms. The van der Waals surface area contributed by atoms with Crippen LogP contribution in [-0.2, 0) is 4.79 Å². The summed E-state index contributed by atoms with van der Waals surface area (Å²) in [6.45, 7) is 3.74. The van der Waals surface area contributed by atoms with Crippen molar-refractivity contribution in [3.63, 3.8) is 0 Å². The quantitative estimate of drug-likeness (QED) is 0.822. The second-order valence-corrected chi connectivity index (χ2v) is 6.79. The van der Waals surface area contributed by atoms with Crippen LogP contribution in [0.1, 0.15) is 35.2 Å². The van der Waals surface area contributed by atoms with Gasteiger partial charge in [-0.25, -0.2) is 0 Å². The smallest absolute Gasteiger partial charge is 0.262 e. The molecule has 3 N–H and O–H groups in total. The lowest BCUT2D eigenvalue weighted by atomic mass is 10.1. The molecule has 0 unspecified atom stereocenters. The molecule has 6 nitrogen and oxygen atoms in total. The molecule has 1 heterocycles. The molecule has 1 aliphatic heterocycles. The van der Waals surface area contributed by atoms with Gasteiger partial charge in [0.05, 0.1) is 11.4 Å². The maximum atomic E-state index is 12.4. The fraction of sp³-hybridized carbons (Fsp3) is 0.333. The number of primary amides is 1. The molecule has 0 atom stereocenters. The Bertz CT molecular complexity index is 812. The van der Waals surface area contributed by atoms with Gasteiger partial charge in [-0.15, -0.1) is 0 Å². The molecule has 3 rings (SSSR count). The molecule has 1 saturated heterocycles. The van der Waals surface area contributed by atoms with Crippen molar-refractivity contribution in [1.29, 1.82) is 0 Å². The highest BCUT2D eigenvalue weighted by atomic mass is 16.5. The number of hydrogen-bond acceptors (Lipinski definition) is 4. The van der Waals surface area contributed by atoms with Crippen LogP contribution >= 0.6 is 0 Å². The Hall–Kier alpha value is -3.02. The highest BCUT2D eigenvalue weighted by Gasteiger charge is 2.17. The summed E-state index contributed by atoms with van der Waals surface area (Å²) >= 11 is 0. The zero-order chi connectivity index (χ0) is 19.2. The normalized spacial score (nSPS) is 13.9. The van der Waals surface area contributed by atoms with Gasteiger partial charge in [-0.3, -0.25) is 9.59 Å². The maximum absolute atomic E-state index is 12.4. The van der Waals surface area contributed by atoms with Gasteiger partial charge in [-0.1, -0.05) is 17.7 Å². The number of aryl methyl sites for hydroxylation is 1. The Kier molecular flexibility index (Phi) is 5.96. The van der Waals surface area contributed by atoms with Gasteiger partial charge in [-0.2, -0.15) is 0 Å². The van der Waals surface area contributed by atoms with Gasteiger partial charge in [0.15, 0.2) is 6.61 Å². The number of carbonyl (C=O) groups is 2. The van der Waals surface area contributed by atoms with Crippen molar-refractivity contribution in [2.45, 2.75) is 26.2 Å². The van der Waals surface area contributed by atoms with E-state index in [1.807, 2.05) is 37.3 Å². The topological polar surface area (TPSA) is 84.7 Å². The first-order valence-corrected chi connectivity index (χ1v) is 9.21. The predicted octanol–water partition coefficient (Wildman–Crippen LogP) is 3.10. The fourth-order valence-corrected chi connectivity index (χ4v) is 3.17. The van der Waals surface area contributed by atoms with Gasteiger partial charge in [0.2, 0.25) is 5.91 Å². The lowest BCUT2D eigenvalue weighted by Crippen LogP contribution is -2.31. The SMILES string of the molecule is Cc1ccc(OCC(=O)Nc2cc(C(N)=O)ccc2N2CCCCC2)cc1. The largest absolute Gasteiger partial charge is 0.484 e. The van der Waals surface area contributed by atoms with Gasteiger partial charge in [0.1, 0.15) is 5.75 Å². The van der Waals surface area contributed by atoms with E-state index in [1.165, 1.54) is 6.42 Å². The molecule has 0 saturated carbocycles. The molecule has 0 radical (unpaired) electrons. The molecule has 1 aliphatic rings. The number of piperidine rings is 1. The number of hydrogen-bond donors (Lipinski definition) is 2. The van der Waals surface area contributed by atoms with Gasteiger partial charge < -0.3 is 20.7 Å². The molecule has 142 valence electrons. The highest BCUT2D eigenvalue weighted by Crippen LogP contribution is 2.29. The van der Waals surface area contributed by atoms with Crippen molar-refractivity contribution in [2.24, 2.45) is 5.73 Å². The van der Waals surface area contributed by atoms with Crippen molar-refractivity contribution < 1.29 is 14.3 Å². The van der Waals surface area contributed by atoms with Crippen LogP contribution in [-0.4, -0.2) is 31.5 Å². The minimum absolute atomic E-state index is 0.108. The van der Waals surface area contributed by atoms with Crippen molar-refractivity contribution in [2.75, 3.05) is 29.9 Å². The van der Waals surface area contributed by atoms with Crippen LogP contribution < -0.4 is 20.7 Å². The average Bonchev–Trinajstić information content (AvgIpc) is 2.68. The lowest BCUT2D eigenvalue weighted by molar-refractivity contribution is -0.118. The van der Waals surface area contributed by atoms with E-state index >= 15 is 0 Å². The van der Waals surface area contributed by atoms with E-state index in [4.69, 9.17) is 10.5 Å². The number of amides is 2. The first kappa shape index (κ1) is 18.8. The molecule has 27 heavy (non-hydrogen) atoms. The van der Waals surface area contributed by atoms with E-state index in [1.54, 1.807) is 12.1 Å². The summed E-state index contributed by atoms with van der Waals surface area (Å²) in [7, 11) is 0. The van der Waals surface area contributed by atoms with Crippen LogP contribution in [0.25, 0.3) is 0 Å². The highest BCUT2D eigenvalue weighted by molar-refractivity contribution is 5.99. The van der Waals surface area contributed by atoms with Gasteiger partial charge >= 0.3 is 0 Å². The van der Waals surface area contributed by atoms with Crippen LogP contribution in [0.3, 0.4) is 0 Å². The van der Waals surface area contributed by atoms with Crippen molar-refractivity contribution in [1.82, 2.24) is 0 Å². The first-order valence-electron chi connectivity index (χ1n) is 9.21. The molecule has 2 aromatic rings. The van der Waals surface area contributed by atoms with Crippen LogP contribution in [0.2, 0.25) is 0 Å². The number of nitrogens with one attached hydrogen (secondary N) is 1. The monoisotopic (exact) mass is 367 g/mol. The molecule has 0 aromatic heterocycles. The standard InChI is InChI=1S/C21H25N3O3/c1-15-5-8-17(9-6-15)27-14-20(25)23-18-13-16(21(22)26)7-10-19(18)24-11-3-2-4-12-24/h5-10,13H,2-4,11-12,14H2,1H3,(H2,22,26)(H,23,25). The summed E-state index contributed by atoms with van der Waals surface area (Å²) in [4.78, 5) is 26.2. The zero-order valence-electron chi connectivity index (χ0n) is 15.5. The van der Waals surface area contributed by atoms with Crippen molar-refractivity contribution >= 4 is 23.2 Å². The summed E-state index contributed by atoms with van der Waals surface area (Å²) in [5.74, 6) is -0.167. The zero-order valence-corrected chi connectivity index (χ0v) is 15.5. The van der Waals surface area contributed by atoms with Crippen LogP contribution in [0.4, 0.5) is 11.4 Å². The number of nitrogens with two attached hydrogens (primary N) is 1. The van der Waals surface area contributed by atoms with Gasteiger partial charge in [0.25, 0.3) is 5.91 Å². The van der Waals surface area contributed by atoms with Gasteiger partial charge in [0, 0.05) is 18.7 Å². The number of anilines is 2. The van der Waals surface area contributed by atoms with Crippen LogP contribution in [0, 0.1) is 6.92 Å². The van der Waals surface area contributed by atoms with E-state index in [2.05, 4.69) is 10.2 Å². The van der Waals surface area contributed by atoms with Crippen molar-refractivity contribution in [3.05, 3.63) is 53.6 Å². The van der Waals surface area contributed by atoms with Crippen molar-refractivity contribution in [3.8, 4) is 5.75 Å². The van der Waals surface area contributed by atoms with E-state index < -0.39 is 5.91 Å². The second kappa shape index (κ2) is 8.58. The number of benzene rings is 2. The number of rotatable bonds is 6. The Labute approximate surface area is 159 Å². The third-order valence-electron chi connectivity index (χ3n) is 4.64. The second-order valence-electron chi connectivity index (χ2n) is 6.79. The van der Waals surface area contributed by atoms with Crippen LogP contribution in [0.15, 0.2) is 42.5 Å². The Morgan fingerprint density at radius 3 is 2.44 bits per heavy atom. The molecule has 2 amide bonds. The lowest BCUT2D eigenvalue weighted by Gasteiger charge is -2.30. The molecule has 1 fully saturated rings. The number of nitrogens with zero attached hydrogens (tertiary/aromatic N) is 1. The number of ether oxygens (including phenoxy) is 1. The minimum atomic E-state index is -0.522. The molecule has 0 bridgehead atoms.